The van der Waals surface area contributed by atoms with Gasteiger partial charge in [-0.3, -0.25) is 9.52 Å². The summed E-state index contributed by atoms with van der Waals surface area (Å²) < 4.78 is 28.0. The Labute approximate surface area is 211 Å². The molecule has 188 valence electrons. The highest BCUT2D eigenvalue weighted by molar-refractivity contribution is 7.92. The van der Waals surface area contributed by atoms with E-state index in [0.29, 0.717) is 11.6 Å². The second-order valence-electron chi connectivity index (χ2n) is 9.09. The third-order valence-electron chi connectivity index (χ3n) is 6.17. The van der Waals surface area contributed by atoms with Gasteiger partial charge in [0.05, 0.1) is 29.2 Å². The minimum atomic E-state index is -3.57. The number of amides is 1. The zero-order valence-corrected chi connectivity index (χ0v) is 22.0. The fourth-order valence-corrected chi connectivity index (χ4v) is 5.30. The molecule has 1 saturated heterocycles. The first-order chi connectivity index (χ1) is 16.6. The Balaban J connectivity index is 1.71. The number of hydrogen-bond donors (Lipinski definition) is 1. The van der Waals surface area contributed by atoms with E-state index in [4.69, 9.17) is 21.7 Å². The highest BCUT2D eigenvalue weighted by atomic mass is 35.5. The Hall–Kier alpha value is -2.85. The highest BCUT2D eigenvalue weighted by Gasteiger charge is 2.32. The van der Waals surface area contributed by atoms with Crippen LogP contribution in [0.15, 0.2) is 30.3 Å². The Morgan fingerprint density at radius 2 is 2.03 bits per heavy atom. The van der Waals surface area contributed by atoms with Gasteiger partial charge in [0.1, 0.15) is 5.82 Å². The average Bonchev–Trinajstić information content (AvgIpc) is 3.24. The van der Waals surface area contributed by atoms with Gasteiger partial charge in [0, 0.05) is 43.0 Å². The van der Waals surface area contributed by atoms with Gasteiger partial charge in [0.2, 0.25) is 10.0 Å². The molecule has 0 radical (unpaired) electrons. The molecule has 1 fully saturated rings. The van der Waals surface area contributed by atoms with E-state index in [-0.39, 0.29) is 23.2 Å². The summed E-state index contributed by atoms with van der Waals surface area (Å²) in [5.74, 6) is 0.601. The maximum absolute atomic E-state index is 13.7. The van der Waals surface area contributed by atoms with E-state index in [2.05, 4.69) is 16.5 Å². The summed E-state index contributed by atoms with van der Waals surface area (Å²) in [5.41, 5.74) is 2.89. The van der Waals surface area contributed by atoms with Gasteiger partial charge >= 0.3 is 0 Å². The third kappa shape index (κ3) is 5.54. The van der Waals surface area contributed by atoms with Crippen molar-refractivity contribution in [3.05, 3.63) is 52.3 Å². The summed E-state index contributed by atoms with van der Waals surface area (Å²) in [6.45, 7) is 5.56. The van der Waals surface area contributed by atoms with E-state index in [0.717, 1.165) is 61.3 Å². The quantitative estimate of drug-likeness (QED) is 0.501. The number of piperidine rings is 1. The molecular formula is C24H31ClN6O3S. The summed E-state index contributed by atoms with van der Waals surface area (Å²) in [4.78, 5) is 22.4. The van der Waals surface area contributed by atoms with Crippen molar-refractivity contribution in [1.82, 2.24) is 19.5 Å². The number of nitrogens with one attached hydrogen (secondary N) is 1. The number of carbonyl (C=O) groups is 1. The van der Waals surface area contributed by atoms with E-state index >= 15 is 0 Å². The molecule has 2 aromatic heterocycles. The standard InChI is InChI=1S/C24H31ClN6O3S/c1-5-11-29(3)22-13-16(2)31-23(26-22)15-20(27-31)21-8-6-7-12-30(21)24(32)18-14-17(25)9-10-19(18)28-35(4,33)34/h9-10,13-15,21,28H,5-8,11-12H2,1-4H3/t21-/m0/s1. The molecule has 9 nitrogen and oxygen atoms in total. The summed E-state index contributed by atoms with van der Waals surface area (Å²) in [7, 11) is -1.55. The van der Waals surface area contributed by atoms with Crippen molar-refractivity contribution in [2.24, 2.45) is 0 Å². The van der Waals surface area contributed by atoms with Crippen LogP contribution in [0.25, 0.3) is 5.65 Å². The molecule has 3 heterocycles. The molecule has 0 spiro atoms. The number of nitrogens with zero attached hydrogens (tertiary/aromatic N) is 5. The summed E-state index contributed by atoms with van der Waals surface area (Å²) >= 11 is 6.18. The fourth-order valence-electron chi connectivity index (χ4n) is 4.55. The van der Waals surface area contributed by atoms with Crippen LogP contribution in [-0.2, 0) is 10.0 Å². The summed E-state index contributed by atoms with van der Waals surface area (Å²) in [6, 6.07) is 8.29. The van der Waals surface area contributed by atoms with Crippen molar-refractivity contribution in [3.8, 4) is 0 Å². The number of hydrogen-bond acceptors (Lipinski definition) is 6. The number of fused-ring (bicyclic) bond motifs is 1. The lowest BCUT2D eigenvalue weighted by atomic mass is 9.98. The van der Waals surface area contributed by atoms with Gasteiger partial charge in [-0.15, -0.1) is 0 Å². The lowest BCUT2D eigenvalue weighted by Gasteiger charge is -2.35. The number of benzene rings is 1. The van der Waals surface area contributed by atoms with Crippen molar-refractivity contribution in [2.45, 2.75) is 45.6 Å². The zero-order valence-electron chi connectivity index (χ0n) is 20.5. The number of sulfonamides is 1. The average molecular weight is 519 g/mol. The molecule has 1 aliphatic rings. The van der Waals surface area contributed by atoms with E-state index in [9.17, 15) is 13.2 Å². The van der Waals surface area contributed by atoms with Gasteiger partial charge < -0.3 is 9.80 Å². The number of rotatable bonds is 7. The molecular weight excluding hydrogens is 488 g/mol. The Bertz CT molecular complexity index is 1360. The van der Waals surface area contributed by atoms with Crippen molar-refractivity contribution >= 4 is 44.7 Å². The molecule has 4 rings (SSSR count). The molecule has 1 aliphatic heterocycles. The summed E-state index contributed by atoms with van der Waals surface area (Å²) in [6.07, 6.45) is 4.65. The van der Waals surface area contributed by atoms with Gasteiger partial charge in [0.25, 0.3) is 5.91 Å². The minimum absolute atomic E-state index is 0.210. The molecule has 35 heavy (non-hydrogen) atoms. The fraction of sp³-hybridized carbons (Fsp3) is 0.458. The predicted molar refractivity (Wildman–Crippen MR) is 139 cm³/mol. The van der Waals surface area contributed by atoms with Crippen molar-refractivity contribution in [2.75, 3.05) is 36.0 Å². The molecule has 0 aliphatic carbocycles. The van der Waals surface area contributed by atoms with Gasteiger partial charge in [-0.05, 0) is 50.8 Å². The Morgan fingerprint density at radius 1 is 1.26 bits per heavy atom. The van der Waals surface area contributed by atoms with Crippen molar-refractivity contribution < 1.29 is 13.2 Å². The van der Waals surface area contributed by atoms with Gasteiger partial charge in [0.15, 0.2) is 5.65 Å². The third-order valence-corrected chi connectivity index (χ3v) is 7.00. The molecule has 0 unspecified atom stereocenters. The maximum Gasteiger partial charge on any atom is 0.256 e. The van der Waals surface area contributed by atoms with E-state index < -0.39 is 10.0 Å². The predicted octanol–water partition coefficient (Wildman–Crippen LogP) is 4.28. The molecule has 0 bridgehead atoms. The number of likely N-dealkylation sites (tertiary alicyclic amines) is 1. The molecule has 1 atom stereocenters. The molecule has 11 heteroatoms. The monoisotopic (exact) mass is 518 g/mol. The normalized spacial score (nSPS) is 16.5. The van der Waals surface area contributed by atoms with Crippen LogP contribution in [0.2, 0.25) is 5.02 Å². The molecule has 1 amide bonds. The van der Waals surface area contributed by atoms with Crippen molar-refractivity contribution in [1.29, 1.82) is 0 Å². The summed E-state index contributed by atoms with van der Waals surface area (Å²) in [5, 5.41) is 5.17. The maximum atomic E-state index is 13.7. The van der Waals surface area contributed by atoms with Crippen LogP contribution < -0.4 is 9.62 Å². The van der Waals surface area contributed by atoms with Crippen LogP contribution in [0.4, 0.5) is 11.5 Å². The molecule has 1 N–H and O–H groups in total. The molecule has 1 aromatic carbocycles. The van der Waals surface area contributed by atoms with Crippen LogP contribution in [0.1, 0.15) is 60.4 Å². The van der Waals surface area contributed by atoms with Crippen LogP contribution >= 0.6 is 11.6 Å². The minimum Gasteiger partial charge on any atom is -0.360 e. The first kappa shape index (κ1) is 25.2. The molecule has 3 aromatic rings. The van der Waals surface area contributed by atoms with E-state index in [1.807, 2.05) is 30.6 Å². The van der Waals surface area contributed by atoms with Gasteiger partial charge in [-0.2, -0.15) is 5.10 Å². The highest BCUT2D eigenvalue weighted by Crippen LogP contribution is 2.34. The van der Waals surface area contributed by atoms with Crippen molar-refractivity contribution in [3.63, 3.8) is 0 Å². The topological polar surface area (TPSA) is 99.9 Å². The van der Waals surface area contributed by atoms with Gasteiger partial charge in [-0.25, -0.2) is 17.9 Å². The van der Waals surface area contributed by atoms with Gasteiger partial charge in [-0.1, -0.05) is 18.5 Å². The van der Waals surface area contributed by atoms with Crippen LogP contribution in [0.5, 0.6) is 0 Å². The van der Waals surface area contributed by atoms with Crippen LogP contribution in [0.3, 0.4) is 0 Å². The second kappa shape index (κ2) is 10.0. The number of carbonyl (C=O) groups excluding carboxylic acids is 1. The second-order valence-corrected chi connectivity index (χ2v) is 11.3. The number of anilines is 2. The first-order valence-corrected chi connectivity index (χ1v) is 14.0. The zero-order chi connectivity index (χ0) is 25.3. The SMILES string of the molecule is CCCN(C)c1cc(C)n2nc([C@@H]3CCCCN3C(=O)c3cc(Cl)ccc3NS(C)(=O)=O)cc2n1. The lowest BCUT2D eigenvalue weighted by Crippen LogP contribution is -2.39. The largest absolute Gasteiger partial charge is 0.360 e. The Kier molecular flexibility index (Phi) is 7.23. The first-order valence-electron chi connectivity index (χ1n) is 11.7. The number of aromatic nitrogens is 3. The number of aryl methyl sites for hydroxylation is 1. The smallest absolute Gasteiger partial charge is 0.256 e. The van der Waals surface area contributed by atoms with Crippen LogP contribution in [0, 0.1) is 6.92 Å². The van der Waals surface area contributed by atoms with E-state index in [1.165, 1.54) is 12.1 Å². The number of halogens is 1. The lowest BCUT2D eigenvalue weighted by molar-refractivity contribution is 0.0607. The molecule has 0 saturated carbocycles. The van der Waals surface area contributed by atoms with E-state index in [1.54, 1.807) is 11.0 Å². The van der Waals surface area contributed by atoms with Crippen LogP contribution in [-0.4, -0.2) is 60.2 Å². The Morgan fingerprint density at radius 3 is 2.74 bits per heavy atom.